The first-order valence-electron chi connectivity index (χ1n) is 9.02. The topological polar surface area (TPSA) is 114 Å². The van der Waals surface area contributed by atoms with Gasteiger partial charge in [0.05, 0.1) is 11.4 Å². The molecule has 0 aliphatic heterocycles. The molecule has 3 aromatic heterocycles. The van der Waals surface area contributed by atoms with Gasteiger partial charge < -0.3 is 5.32 Å². The molecule has 1 fully saturated rings. The number of hydrogen-bond donors (Lipinski definition) is 2. The van der Waals surface area contributed by atoms with Gasteiger partial charge in [-0.05, 0) is 18.9 Å². The summed E-state index contributed by atoms with van der Waals surface area (Å²) in [5.41, 5.74) is 0.124. The zero-order valence-electron chi connectivity index (χ0n) is 15.4. The van der Waals surface area contributed by atoms with Gasteiger partial charge in [-0.2, -0.15) is 14.6 Å². The lowest BCUT2D eigenvalue weighted by molar-refractivity contribution is -0.117. The van der Waals surface area contributed by atoms with E-state index in [4.69, 9.17) is 0 Å². The van der Waals surface area contributed by atoms with Crippen molar-refractivity contribution >= 4 is 17.1 Å². The lowest BCUT2D eigenvalue weighted by Crippen LogP contribution is -2.32. The summed E-state index contributed by atoms with van der Waals surface area (Å²) in [7, 11) is 0. The summed E-state index contributed by atoms with van der Waals surface area (Å²) in [6, 6.07) is 3.80. The summed E-state index contributed by atoms with van der Waals surface area (Å²) < 4.78 is 15.9. The molecule has 2 N–H and O–H groups in total. The maximum absolute atomic E-state index is 13.3. The van der Waals surface area contributed by atoms with Crippen LogP contribution < -0.4 is 16.4 Å². The van der Waals surface area contributed by atoms with Crippen LogP contribution >= 0.6 is 0 Å². The van der Waals surface area contributed by atoms with E-state index < -0.39 is 23.0 Å². The smallest absolute Gasteiger partial charge is 0.293 e. The molecule has 1 aliphatic carbocycles. The predicted octanol–water partition coefficient (Wildman–Crippen LogP) is 1.36. The first-order valence-corrected chi connectivity index (χ1v) is 9.02. The van der Waals surface area contributed by atoms with Gasteiger partial charge in [-0.1, -0.05) is 13.8 Å². The van der Waals surface area contributed by atoms with Crippen molar-refractivity contribution < 1.29 is 9.18 Å². The van der Waals surface area contributed by atoms with E-state index in [1.54, 1.807) is 10.6 Å². The molecule has 0 spiro atoms. The Morgan fingerprint density at radius 2 is 2.04 bits per heavy atom. The number of rotatable bonds is 5. The maximum Gasteiger partial charge on any atom is 0.293 e. The lowest BCUT2D eigenvalue weighted by atomic mass is 10.2. The minimum absolute atomic E-state index is 0.00447. The SMILES string of the molecule is CC(C)c1nn(CC(=O)Nc2cc(F)[nH]c(=O)c2)c(=O)c2cc(C3CC3)nn12. The zero-order chi connectivity index (χ0) is 20.0. The number of aromatic amines is 1. The number of carbonyl (C=O) groups excluding carboxylic acids is 1. The highest BCUT2D eigenvalue weighted by Crippen LogP contribution is 2.39. The molecule has 0 atom stereocenters. The van der Waals surface area contributed by atoms with Gasteiger partial charge in [0.2, 0.25) is 5.91 Å². The Kier molecular flexibility index (Phi) is 4.33. The molecule has 4 rings (SSSR count). The van der Waals surface area contributed by atoms with Crippen molar-refractivity contribution in [3.63, 3.8) is 0 Å². The van der Waals surface area contributed by atoms with Crippen molar-refractivity contribution in [2.75, 3.05) is 5.32 Å². The lowest BCUT2D eigenvalue weighted by Gasteiger charge is -2.11. The Labute approximate surface area is 158 Å². The fourth-order valence-electron chi connectivity index (χ4n) is 3.03. The fourth-order valence-corrected chi connectivity index (χ4v) is 3.03. The van der Waals surface area contributed by atoms with Crippen molar-refractivity contribution in [2.45, 2.75) is 45.1 Å². The van der Waals surface area contributed by atoms with Crippen molar-refractivity contribution in [1.82, 2.24) is 24.4 Å². The number of nitrogens with zero attached hydrogens (tertiary/aromatic N) is 4. The van der Waals surface area contributed by atoms with Crippen LogP contribution in [-0.4, -0.2) is 30.3 Å². The maximum atomic E-state index is 13.3. The number of nitrogens with one attached hydrogen (secondary N) is 2. The van der Waals surface area contributed by atoms with Gasteiger partial charge in [-0.15, -0.1) is 0 Å². The van der Waals surface area contributed by atoms with E-state index in [0.29, 0.717) is 17.3 Å². The van der Waals surface area contributed by atoms with Crippen LogP contribution in [0.2, 0.25) is 0 Å². The zero-order valence-corrected chi connectivity index (χ0v) is 15.4. The van der Waals surface area contributed by atoms with E-state index in [0.717, 1.165) is 35.4 Å². The normalized spacial score (nSPS) is 14.0. The minimum atomic E-state index is -0.867. The molecule has 0 radical (unpaired) electrons. The quantitative estimate of drug-likeness (QED) is 0.643. The van der Waals surface area contributed by atoms with Crippen molar-refractivity contribution in [2.24, 2.45) is 0 Å². The molecule has 9 nitrogen and oxygen atoms in total. The van der Waals surface area contributed by atoms with E-state index in [2.05, 4.69) is 15.5 Å². The fraction of sp³-hybridized carbons (Fsp3) is 0.389. The van der Waals surface area contributed by atoms with Crippen LogP contribution in [0, 0.1) is 5.95 Å². The van der Waals surface area contributed by atoms with E-state index >= 15 is 0 Å². The van der Waals surface area contributed by atoms with E-state index in [1.165, 1.54) is 0 Å². The largest absolute Gasteiger partial charge is 0.324 e. The number of halogens is 1. The third-order valence-electron chi connectivity index (χ3n) is 4.52. The highest BCUT2D eigenvalue weighted by atomic mass is 19.1. The molecule has 10 heteroatoms. The molecule has 0 saturated heterocycles. The first kappa shape index (κ1) is 18.1. The summed E-state index contributed by atoms with van der Waals surface area (Å²) in [6.45, 7) is 3.48. The van der Waals surface area contributed by atoms with Gasteiger partial charge in [0, 0.05) is 24.0 Å². The molecule has 0 bridgehead atoms. The van der Waals surface area contributed by atoms with Gasteiger partial charge >= 0.3 is 0 Å². The molecule has 28 heavy (non-hydrogen) atoms. The number of H-pyrrole nitrogens is 1. The van der Waals surface area contributed by atoms with Crippen LogP contribution in [0.5, 0.6) is 0 Å². The number of anilines is 1. The number of fused-ring (bicyclic) bond motifs is 1. The molecule has 1 aliphatic rings. The van der Waals surface area contributed by atoms with Gasteiger partial charge in [0.1, 0.15) is 12.1 Å². The molecule has 0 unspecified atom stereocenters. The van der Waals surface area contributed by atoms with Gasteiger partial charge in [-0.25, -0.2) is 9.20 Å². The van der Waals surface area contributed by atoms with E-state index in [1.807, 2.05) is 18.8 Å². The summed E-state index contributed by atoms with van der Waals surface area (Å²) in [5.74, 6) is -0.543. The molecule has 0 aromatic carbocycles. The predicted molar refractivity (Wildman–Crippen MR) is 99.0 cm³/mol. The Morgan fingerprint density at radius 1 is 1.29 bits per heavy atom. The van der Waals surface area contributed by atoms with E-state index in [9.17, 15) is 18.8 Å². The standard InChI is InChI=1S/C18H19FN6O3/c1-9(2)17-23-24(8-16(27)20-11-5-14(19)21-15(26)6-11)18(28)13-7-12(10-3-4-10)22-25(13)17/h5-7,9-10H,3-4,8H2,1-2H3,(H2,20,21,26,27). The Balaban J connectivity index is 1.67. The highest BCUT2D eigenvalue weighted by molar-refractivity contribution is 5.90. The molecular formula is C18H19FN6O3. The second kappa shape index (κ2) is 6.70. The summed E-state index contributed by atoms with van der Waals surface area (Å²) in [4.78, 5) is 38.4. The Bertz CT molecular complexity index is 1190. The van der Waals surface area contributed by atoms with Gasteiger partial charge in [0.15, 0.2) is 11.8 Å². The van der Waals surface area contributed by atoms with Gasteiger partial charge in [-0.3, -0.25) is 19.4 Å². The van der Waals surface area contributed by atoms with Crippen molar-refractivity contribution in [1.29, 1.82) is 0 Å². The van der Waals surface area contributed by atoms with Crippen molar-refractivity contribution in [3.05, 3.63) is 56.4 Å². The van der Waals surface area contributed by atoms with Crippen LogP contribution in [-0.2, 0) is 11.3 Å². The molecule has 1 saturated carbocycles. The van der Waals surface area contributed by atoms with Crippen LogP contribution in [0.1, 0.15) is 50.0 Å². The van der Waals surface area contributed by atoms with Crippen LogP contribution in [0.4, 0.5) is 10.1 Å². The summed E-state index contributed by atoms with van der Waals surface area (Å²) >= 11 is 0. The number of pyridine rings is 1. The van der Waals surface area contributed by atoms with E-state index in [-0.39, 0.29) is 18.2 Å². The monoisotopic (exact) mass is 386 g/mol. The third-order valence-corrected chi connectivity index (χ3v) is 4.52. The average molecular weight is 386 g/mol. The average Bonchev–Trinajstić information content (AvgIpc) is 3.35. The molecular weight excluding hydrogens is 367 g/mol. The molecule has 3 heterocycles. The number of aromatic nitrogens is 5. The summed E-state index contributed by atoms with van der Waals surface area (Å²) in [5, 5.41) is 11.2. The molecule has 1 amide bonds. The van der Waals surface area contributed by atoms with Crippen LogP contribution in [0.25, 0.3) is 5.52 Å². The number of amides is 1. The van der Waals surface area contributed by atoms with Gasteiger partial charge in [0.25, 0.3) is 11.1 Å². The second-order valence-corrected chi connectivity index (χ2v) is 7.25. The third kappa shape index (κ3) is 3.45. The number of hydrogen-bond acceptors (Lipinski definition) is 5. The summed E-state index contributed by atoms with van der Waals surface area (Å²) in [6.07, 6.45) is 2.11. The van der Waals surface area contributed by atoms with Crippen LogP contribution in [0.15, 0.2) is 27.8 Å². The Hall–Kier alpha value is -3.30. The first-order chi connectivity index (χ1) is 13.3. The Morgan fingerprint density at radius 3 is 2.68 bits per heavy atom. The van der Waals surface area contributed by atoms with Crippen LogP contribution in [0.3, 0.4) is 0 Å². The molecule has 146 valence electrons. The molecule has 3 aromatic rings. The number of carbonyl (C=O) groups is 1. The van der Waals surface area contributed by atoms with Crippen molar-refractivity contribution in [3.8, 4) is 0 Å². The highest BCUT2D eigenvalue weighted by Gasteiger charge is 2.28. The minimum Gasteiger partial charge on any atom is -0.324 e. The second-order valence-electron chi connectivity index (χ2n) is 7.25.